The molecule has 4 rings (SSSR count). The Morgan fingerprint density at radius 2 is 1.25 bits per heavy atom. The van der Waals surface area contributed by atoms with Crippen molar-refractivity contribution in [2.45, 2.75) is 71.1 Å². The molecule has 150 valence electrons. The van der Waals surface area contributed by atoms with E-state index in [2.05, 4.69) is 6.92 Å². The van der Waals surface area contributed by atoms with Crippen molar-refractivity contribution in [2.24, 2.45) is 17.8 Å². The second-order valence-electron chi connectivity index (χ2n) is 9.33. The lowest BCUT2D eigenvalue weighted by molar-refractivity contribution is 0.164. The highest BCUT2D eigenvalue weighted by Gasteiger charge is 2.31. The summed E-state index contributed by atoms with van der Waals surface area (Å²) in [4.78, 5) is 0. The predicted octanol–water partition coefficient (Wildman–Crippen LogP) is 8.04. The Balaban J connectivity index is 1.45. The topological polar surface area (TPSA) is 0 Å². The van der Waals surface area contributed by atoms with Gasteiger partial charge in [-0.2, -0.15) is 0 Å². The molecule has 0 aliphatic heterocycles. The Bertz CT molecular complexity index is 792. The van der Waals surface area contributed by atoms with Crippen LogP contribution >= 0.6 is 0 Å². The van der Waals surface area contributed by atoms with Gasteiger partial charge in [0.15, 0.2) is 11.6 Å². The van der Waals surface area contributed by atoms with Crippen LogP contribution in [0.2, 0.25) is 0 Å². The fourth-order valence-electron chi connectivity index (χ4n) is 5.49. The van der Waals surface area contributed by atoms with Gasteiger partial charge in [0.2, 0.25) is 0 Å². The van der Waals surface area contributed by atoms with Crippen molar-refractivity contribution in [1.29, 1.82) is 0 Å². The summed E-state index contributed by atoms with van der Waals surface area (Å²) in [5, 5.41) is 0. The van der Waals surface area contributed by atoms with Crippen molar-refractivity contribution in [1.82, 2.24) is 0 Å². The van der Waals surface area contributed by atoms with Crippen LogP contribution in [0.15, 0.2) is 36.4 Å². The van der Waals surface area contributed by atoms with Gasteiger partial charge >= 0.3 is 0 Å². The van der Waals surface area contributed by atoms with Crippen molar-refractivity contribution < 1.29 is 8.78 Å². The number of aryl methyl sites for hydroxylation is 1. The summed E-state index contributed by atoms with van der Waals surface area (Å²) < 4.78 is 29.8. The van der Waals surface area contributed by atoms with Crippen molar-refractivity contribution in [2.75, 3.05) is 0 Å². The van der Waals surface area contributed by atoms with Gasteiger partial charge < -0.3 is 0 Å². The van der Waals surface area contributed by atoms with Crippen LogP contribution in [0, 0.1) is 36.3 Å². The lowest BCUT2D eigenvalue weighted by Gasteiger charge is -2.37. The first-order valence-corrected chi connectivity index (χ1v) is 11.1. The number of hydrogen-bond acceptors (Lipinski definition) is 0. The molecule has 0 bridgehead atoms. The molecule has 2 aliphatic rings. The molecule has 0 nitrogen and oxygen atoms in total. The standard InChI is InChI=1S/C26H32F2/c1-17-3-7-19(8-4-17)20-11-13-22(14-12-20)24-16-15-23(25(27)26(24)28)21-9-5-18(2)6-10-21/h5-6,9-10,15-17,19-20,22H,3-4,7-8,11-14H2,1-2H3. The fraction of sp³-hybridized carbons (Fsp3) is 0.538. The van der Waals surface area contributed by atoms with Gasteiger partial charge in [-0.15, -0.1) is 0 Å². The number of hydrogen-bond donors (Lipinski definition) is 0. The summed E-state index contributed by atoms with van der Waals surface area (Å²) in [6.45, 7) is 4.36. The Hall–Kier alpha value is -1.70. The number of benzene rings is 2. The first-order chi connectivity index (χ1) is 13.5. The third kappa shape index (κ3) is 4.02. The third-order valence-corrected chi connectivity index (χ3v) is 7.41. The molecule has 2 aliphatic carbocycles. The van der Waals surface area contributed by atoms with E-state index < -0.39 is 11.6 Å². The largest absolute Gasteiger partial charge is 0.203 e. The fourth-order valence-corrected chi connectivity index (χ4v) is 5.49. The zero-order valence-electron chi connectivity index (χ0n) is 17.2. The second-order valence-corrected chi connectivity index (χ2v) is 9.33. The van der Waals surface area contributed by atoms with E-state index in [4.69, 9.17) is 0 Å². The summed E-state index contributed by atoms with van der Waals surface area (Å²) in [5.74, 6) is 1.39. The van der Waals surface area contributed by atoms with Crippen molar-refractivity contribution in [3.8, 4) is 11.1 Å². The average molecular weight is 383 g/mol. The highest BCUT2D eigenvalue weighted by atomic mass is 19.2. The summed E-state index contributed by atoms with van der Waals surface area (Å²) in [6.07, 6.45) is 9.80. The maximum absolute atomic E-state index is 14.9. The molecule has 2 heteroatoms. The lowest BCUT2D eigenvalue weighted by Crippen LogP contribution is -2.25. The first kappa shape index (κ1) is 19.6. The molecule has 0 aromatic heterocycles. The maximum Gasteiger partial charge on any atom is 0.166 e. The van der Waals surface area contributed by atoms with Gasteiger partial charge in [0, 0.05) is 5.56 Å². The average Bonchev–Trinajstić information content (AvgIpc) is 2.72. The van der Waals surface area contributed by atoms with Crippen LogP contribution in [0.1, 0.15) is 75.3 Å². The van der Waals surface area contributed by atoms with E-state index >= 15 is 0 Å². The smallest absolute Gasteiger partial charge is 0.166 e. The molecule has 0 atom stereocenters. The minimum atomic E-state index is -0.690. The van der Waals surface area contributed by atoms with Crippen molar-refractivity contribution in [3.05, 3.63) is 59.2 Å². The van der Waals surface area contributed by atoms with E-state index in [1.54, 1.807) is 6.07 Å². The molecular formula is C26H32F2. The van der Waals surface area contributed by atoms with Gasteiger partial charge in [0.25, 0.3) is 0 Å². The van der Waals surface area contributed by atoms with Crippen LogP contribution in [-0.4, -0.2) is 0 Å². The number of halogens is 2. The maximum atomic E-state index is 14.9. The van der Waals surface area contributed by atoms with Gasteiger partial charge in [-0.05, 0) is 80.2 Å². The molecular weight excluding hydrogens is 350 g/mol. The van der Waals surface area contributed by atoms with E-state index in [0.717, 1.165) is 41.7 Å². The van der Waals surface area contributed by atoms with E-state index in [1.807, 2.05) is 37.3 Å². The summed E-state index contributed by atoms with van der Waals surface area (Å²) >= 11 is 0. The molecule has 0 unspecified atom stereocenters. The van der Waals surface area contributed by atoms with Gasteiger partial charge in [0.1, 0.15) is 0 Å². The minimum absolute atomic E-state index is 0.167. The lowest BCUT2D eigenvalue weighted by atomic mass is 9.68. The van der Waals surface area contributed by atoms with Crippen molar-refractivity contribution >= 4 is 0 Å². The normalized spacial score (nSPS) is 28.3. The summed E-state index contributed by atoms with van der Waals surface area (Å²) in [7, 11) is 0. The van der Waals surface area contributed by atoms with Crippen LogP contribution in [0.25, 0.3) is 11.1 Å². The Morgan fingerprint density at radius 3 is 1.86 bits per heavy atom. The van der Waals surface area contributed by atoms with Crippen LogP contribution in [-0.2, 0) is 0 Å². The second kappa shape index (κ2) is 8.35. The minimum Gasteiger partial charge on any atom is -0.203 e. The van der Waals surface area contributed by atoms with Gasteiger partial charge in [-0.3, -0.25) is 0 Å². The Morgan fingerprint density at radius 1 is 0.679 bits per heavy atom. The highest BCUT2D eigenvalue weighted by molar-refractivity contribution is 5.65. The monoisotopic (exact) mass is 382 g/mol. The van der Waals surface area contributed by atoms with Crippen molar-refractivity contribution in [3.63, 3.8) is 0 Å². The molecule has 0 radical (unpaired) electrons. The zero-order valence-corrected chi connectivity index (χ0v) is 17.2. The molecule has 0 heterocycles. The molecule has 2 saturated carbocycles. The first-order valence-electron chi connectivity index (χ1n) is 11.1. The quantitative estimate of drug-likeness (QED) is 0.504. The van der Waals surface area contributed by atoms with Crippen LogP contribution in [0.5, 0.6) is 0 Å². The SMILES string of the molecule is Cc1ccc(-c2ccc(C3CCC(C4CCC(C)CC4)CC3)c(F)c2F)cc1. The third-order valence-electron chi connectivity index (χ3n) is 7.41. The molecule has 2 aromatic carbocycles. The molecule has 2 fully saturated rings. The van der Waals surface area contributed by atoms with Crippen LogP contribution in [0.3, 0.4) is 0 Å². The number of rotatable bonds is 3. The molecule has 0 spiro atoms. The summed E-state index contributed by atoms with van der Waals surface area (Å²) in [6, 6.07) is 11.2. The van der Waals surface area contributed by atoms with E-state index in [1.165, 1.54) is 38.5 Å². The molecule has 0 amide bonds. The molecule has 0 saturated heterocycles. The summed E-state index contributed by atoms with van der Waals surface area (Å²) in [5.41, 5.74) is 2.81. The predicted molar refractivity (Wildman–Crippen MR) is 112 cm³/mol. The van der Waals surface area contributed by atoms with E-state index in [0.29, 0.717) is 11.1 Å². The molecule has 2 aromatic rings. The highest BCUT2D eigenvalue weighted by Crippen LogP contribution is 2.44. The van der Waals surface area contributed by atoms with Gasteiger partial charge in [0.05, 0.1) is 0 Å². The van der Waals surface area contributed by atoms with Crippen LogP contribution < -0.4 is 0 Å². The van der Waals surface area contributed by atoms with Gasteiger partial charge in [-0.1, -0.05) is 61.7 Å². The molecule has 28 heavy (non-hydrogen) atoms. The molecule has 0 N–H and O–H groups in total. The van der Waals surface area contributed by atoms with E-state index in [-0.39, 0.29) is 5.92 Å². The van der Waals surface area contributed by atoms with Crippen LogP contribution in [0.4, 0.5) is 8.78 Å². The Labute approximate surface area is 168 Å². The zero-order chi connectivity index (χ0) is 19.7. The van der Waals surface area contributed by atoms with Gasteiger partial charge in [-0.25, -0.2) is 8.78 Å². The van der Waals surface area contributed by atoms with E-state index in [9.17, 15) is 8.78 Å². The Kier molecular flexibility index (Phi) is 5.85.